The van der Waals surface area contributed by atoms with E-state index >= 15 is 0 Å². The second-order valence-corrected chi connectivity index (χ2v) is 14.4. The number of nitrogens with zero attached hydrogens (tertiary/aromatic N) is 2. The summed E-state index contributed by atoms with van der Waals surface area (Å²) in [7, 11) is 0. The van der Waals surface area contributed by atoms with Crippen LogP contribution >= 0.6 is 11.3 Å². The lowest BCUT2D eigenvalue weighted by molar-refractivity contribution is 1.18. The first-order valence-electron chi connectivity index (χ1n) is 17.9. The topological polar surface area (TPSA) is 25.8 Å². The van der Waals surface area contributed by atoms with Gasteiger partial charge in [0.2, 0.25) is 0 Å². The molecule has 0 aliphatic carbocycles. The van der Waals surface area contributed by atoms with Gasteiger partial charge in [0.1, 0.15) is 0 Å². The maximum atomic E-state index is 5.24. The molecule has 2 aromatic heterocycles. The average Bonchev–Trinajstić information content (AvgIpc) is 3.63. The number of benzene rings is 8. The van der Waals surface area contributed by atoms with Crippen LogP contribution in [0.5, 0.6) is 0 Å². The van der Waals surface area contributed by atoms with E-state index in [4.69, 9.17) is 9.97 Å². The summed E-state index contributed by atoms with van der Waals surface area (Å²) in [5.41, 5.74) is 12.0. The summed E-state index contributed by atoms with van der Waals surface area (Å²) in [6.45, 7) is 0. The van der Waals surface area contributed by atoms with Crippen LogP contribution in [0.4, 0.5) is 0 Å². The molecule has 0 aliphatic heterocycles. The van der Waals surface area contributed by atoms with E-state index < -0.39 is 0 Å². The molecule has 0 saturated carbocycles. The quantitative estimate of drug-likeness (QED) is 0.173. The van der Waals surface area contributed by atoms with Gasteiger partial charge in [-0.2, -0.15) is 0 Å². The first-order valence-corrected chi connectivity index (χ1v) is 18.7. The highest BCUT2D eigenvalue weighted by Gasteiger charge is 2.16. The molecule has 8 aromatic carbocycles. The Labute approximate surface area is 312 Å². The van der Waals surface area contributed by atoms with Crippen molar-refractivity contribution in [3.63, 3.8) is 0 Å². The molecule has 0 atom stereocenters. The third-order valence-electron chi connectivity index (χ3n) is 10.1. The van der Waals surface area contributed by atoms with Crippen molar-refractivity contribution >= 4 is 42.3 Å². The first-order chi connectivity index (χ1) is 26.2. The van der Waals surface area contributed by atoms with Gasteiger partial charge in [-0.1, -0.05) is 164 Å². The van der Waals surface area contributed by atoms with Crippen molar-refractivity contribution in [2.75, 3.05) is 0 Å². The van der Waals surface area contributed by atoms with Crippen LogP contribution in [0, 0.1) is 0 Å². The molecule has 0 unspecified atom stereocenters. The summed E-state index contributed by atoms with van der Waals surface area (Å²) in [6.07, 6.45) is 0. The number of aromatic nitrogens is 2. The van der Waals surface area contributed by atoms with Crippen LogP contribution in [-0.2, 0) is 0 Å². The van der Waals surface area contributed by atoms with Crippen LogP contribution in [0.15, 0.2) is 194 Å². The second-order valence-electron chi connectivity index (χ2n) is 13.4. The second kappa shape index (κ2) is 13.1. The fourth-order valence-electron chi connectivity index (χ4n) is 7.46. The average molecular weight is 693 g/mol. The number of thiophene rings is 1. The van der Waals surface area contributed by atoms with Crippen molar-refractivity contribution in [2.24, 2.45) is 0 Å². The van der Waals surface area contributed by atoms with Crippen molar-refractivity contribution in [1.82, 2.24) is 9.97 Å². The molecule has 0 radical (unpaired) electrons. The molecule has 0 bridgehead atoms. The fraction of sp³-hybridized carbons (Fsp3) is 0. The van der Waals surface area contributed by atoms with E-state index in [-0.39, 0.29) is 0 Å². The Hall–Kier alpha value is -6.68. The monoisotopic (exact) mass is 692 g/mol. The Bertz CT molecular complexity index is 2860. The molecule has 0 fully saturated rings. The summed E-state index contributed by atoms with van der Waals surface area (Å²) in [6, 6.07) is 69.3. The van der Waals surface area contributed by atoms with Gasteiger partial charge in [0.05, 0.1) is 11.4 Å². The Balaban J connectivity index is 1.18. The molecule has 2 heterocycles. The molecule has 2 nitrogen and oxygen atoms in total. The molecule has 248 valence electrons. The number of rotatable bonds is 6. The maximum absolute atomic E-state index is 5.24. The SMILES string of the molecule is c1ccc(-c2cc(-c3cc(-c4ccc(-c5cccc6ccccc56)cc4)cc(-c4cccc5c4sc4ccccc45)c3)nc(-c3ccccc3)n2)cc1. The summed E-state index contributed by atoms with van der Waals surface area (Å²) in [5.74, 6) is 0.708. The van der Waals surface area contributed by atoms with Crippen molar-refractivity contribution < 1.29 is 0 Å². The molecule has 10 rings (SSSR count). The van der Waals surface area contributed by atoms with Crippen molar-refractivity contribution in [2.45, 2.75) is 0 Å². The lowest BCUT2D eigenvalue weighted by atomic mass is 9.92. The predicted octanol–water partition coefficient (Wildman–Crippen LogP) is 14.0. The van der Waals surface area contributed by atoms with E-state index in [9.17, 15) is 0 Å². The van der Waals surface area contributed by atoms with Gasteiger partial charge in [0.25, 0.3) is 0 Å². The zero-order valence-corrected chi connectivity index (χ0v) is 29.6. The summed E-state index contributed by atoms with van der Waals surface area (Å²) < 4.78 is 2.59. The van der Waals surface area contributed by atoms with Gasteiger partial charge in [-0.25, -0.2) is 9.97 Å². The minimum absolute atomic E-state index is 0.708. The Morgan fingerprint density at radius 3 is 1.70 bits per heavy atom. The van der Waals surface area contributed by atoms with Gasteiger partial charge >= 0.3 is 0 Å². The van der Waals surface area contributed by atoms with Crippen LogP contribution in [0.2, 0.25) is 0 Å². The van der Waals surface area contributed by atoms with Gasteiger partial charge in [0.15, 0.2) is 5.82 Å². The standard InChI is InChI=1S/C50H32N2S/c1-3-14-36(15-4-1)46-32-47(52-50(51-46)37-16-5-2-6-17-37)40-30-38(33-25-27-35(28-26-33)42-21-11-18-34-13-7-8-19-41(34)42)29-39(31-40)43-22-12-23-45-44-20-9-10-24-48(44)53-49(43)45/h1-32H. The summed E-state index contributed by atoms with van der Waals surface area (Å²) in [4.78, 5) is 10.3. The Morgan fingerprint density at radius 1 is 0.321 bits per heavy atom. The molecule has 0 saturated heterocycles. The zero-order chi connectivity index (χ0) is 35.1. The number of fused-ring (bicyclic) bond motifs is 4. The maximum Gasteiger partial charge on any atom is 0.160 e. The third kappa shape index (κ3) is 5.78. The molecule has 53 heavy (non-hydrogen) atoms. The Morgan fingerprint density at radius 2 is 0.887 bits per heavy atom. The normalized spacial score (nSPS) is 11.4. The van der Waals surface area contributed by atoms with Gasteiger partial charge < -0.3 is 0 Å². The van der Waals surface area contributed by atoms with E-state index in [0.29, 0.717) is 5.82 Å². The van der Waals surface area contributed by atoms with E-state index in [2.05, 4.69) is 170 Å². The molecular formula is C50H32N2S. The van der Waals surface area contributed by atoms with Crippen LogP contribution in [0.3, 0.4) is 0 Å². The largest absolute Gasteiger partial charge is 0.228 e. The fourth-order valence-corrected chi connectivity index (χ4v) is 8.70. The van der Waals surface area contributed by atoms with Crippen LogP contribution < -0.4 is 0 Å². The van der Waals surface area contributed by atoms with Crippen LogP contribution in [0.1, 0.15) is 0 Å². The number of hydrogen-bond donors (Lipinski definition) is 0. The van der Waals surface area contributed by atoms with Gasteiger partial charge in [-0.05, 0) is 74.5 Å². The highest BCUT2D eigenvalue weighted by molar-refractivity contribution is 7.26. The summed E-state index contributed by atoms with van der Waals surface area (Å²) in [5, 5.41) is 5.09. The highest BCUT2D eigenvalue weighted by atomic mass is 32.1. The molecule has 10 aromatic rings. The van der Waals surface area contributed by atoms with E-state index in [1.807, 2.05) is 35.6 Å². The van der Waals surface area contributed by atoms with Crippen molar-refractivity contribution in [3.8, 4) is 67.3 Å². The molecular weight excluding hydrogens is 661 g/mol. The van der Waals surface area contributed by atoms with E-state index in [1.165, 1.54) is 47.6 Å². The molecule has 3 heteroatoms. The van der Waals surface area contributed by atoms with E-state index in [1.54, 1.807) is 0 Å². The van der Waals surface area contributed by atoms with E-state index in [0.717, 1.165) is 44.8 Å². The first kappa shape index (κ1) is 31.1. The molecule has 0 aliphatic rings. The third-order valence-corrected chi connectivity index (χ3v) is 11.3. The predicted molar refractivity (Wildman–Crippen MR) is 225 cm³/mol. The molecule has 0 spiro atoms. The van der Waals surface area contributed by atoms with Gasteiger partial charge in [-0.15, -0.1) is 11.3 Å². The molecule has 0 amide bonds. The van der Waals surface area contributed by atoms with Gasteiger partial charge in [0, 0.05) is 36.9 Å². The molecule has 0 N–H and O–H groups in total. The van der Waals surface area contributed by atoms with Crippen LogP contribution in [0.25, 0.3) is 98.2 Å². The van der Waals surface area contributed by atoms with Crippen molar-refractivity contribution in [1.29, 1.82) is 0 Å². The Kier molecular flexibility index (Phi) is 7.71. The lowest BCUT2D eigenvalue weighted by Gasteiger charge is -2.14. The van der Waals surface area contributed by atoms with Crippen LogP contribution in [-0.4, -0.2) is 9.97 Å². The van der Waals surface area contributed by atoms with Gasteiger partial charge in [-0.3, -0.25) is 0 Å². The summed E-state index contributed by atoms with van der Waals surface area (Å²) >= 11 is 1.86. The smallest absolute Gasteiger partial charge is 0.160 e. The lowest BCUT2D eigenvalue weighted by Crippen LogP contribution is -1.96. The minimum Gasteiger partial charge on any atom is -0.228 e. The highest BCUT2D eigenvalue weighted by Crippen LogP contribution is 2.42. The zero-order valence-electron chi connectivity index (χ0n) is 28.8. The number of hydrogen-bond acceptors (Lipinski definition) is 3. The minimum atomic E-state index is 0.708. The van der Waals surface area contributed by atoms with Crippen molar-refractivity contribution in [3.05, 3.63) is 194 Å².